The van der Waals surface area contributed by atoms with Crippen LogP contribution in [0.5, 0.6) is 0 Å². The fourth-order valence-corrected chi connectivity index (χ4v) is 7.74. The third-order valence-electron chi connectivity index (χ3n) is 8.67. The molecule has 1 aliphatic rings. The molecule has 2 heteroatoms. The highest BCUT2D eigenvalue weighted by Crippen LogP contribution is 2.55. The zero-order valence-corrected chi connectivity index (χ0v) is 24.0. The van der Waals surface area contributed by atoms with E-state index in [9.17, 15) is 0 Å². The summed E-state index contributed by atoms with van der Waals surface area (Å²) in [4.78, 5) is 2.38. The molecule has 0 aliphatic heterocycles. The summed E-state index contributed by atoms with van der Waals surface area (Å²) in [5, 5.41) is 2.76. The van der Waals surface area contributed by atoms with Crippen molar-refractivity contribution in [2.24, 2.45) is 0 Å². The first kappa shape index (κ1) is 24.2. The topological polar surface area (TPSA) is 3.24 Å². The van der Waals surface area contributed by atoms with Gasteiger partial charge in [-0.2, -0.15) is 0 Å². The molecule has 6 aromatic carbocycles. The van der Waals surface area contributed by atoms with Crippen LogP contribution in [-0.2, 0) is 5.41 Å². The lowest BCUT2D eigenvalue weighted by Gasteiger charge is -2.28. The number of nitrogens with zero attached hydrogens (tertiary/aromatic N) is 1. The summed E-state index contributed by atoms with van der Waals surface area (Å²) in [6.07, 6.45) is 0. The summed E-state index contributed by atoms with van der Waals surface area (Å²) in [6, 6.07) is 50.8. The van der Waals surface area contributed by atoms with Gasteiger partial charge < -0.3 is 4.90 Å². The average Bonchev–Trinajstić information content (AvgIpc) is 3.51. The molecular formula is C39H29NS. The highest BCUT2D eigenvalue weighted by Gasteiger charge is 2.37. The van der Waals surface area contributed by atoms with E-state index >= 15 is 0 Å². The molecule has 0 fully saturated rings. The summed E-state index contributed by atoms with van der Waals surface area (Å²) >= 11 is 1.90. The van der Waals surface area contributed by atoms with Gasteiger partial charge in [0.1, 0.15) is 0 Å². The average molecular weight is 544 g/mol. The molecule has 1 nitrogen and oxygen atoms in total. The Morgan fingerprint density at radius 2 is 1.15 bits per heavy atom. The standard InChI is InChI=1S/C39H29NS/c1-39(2)33-23-24-36-38(32-15-9-10-16-35(32)41-36)37(33)31-22-21-30(25-34(31)39)40(28-13-7-4-8-14-28)29-19-17-27(18-20-29)26-11-5-3-6-12-26/h3-25H,1-2H3. The highest BCUT2D eigenvalue weighted by molar-refractivity contribution is 7.26. The maximum Gasteiger partial charge on any atom is 0.0465 e. The molecule has 196 valence electrons. The van der Waals surface area contributed by atoms with Crippen LogP contribution in [0, 0.1) is 0 Å². The zero-order chi connectivity index (χ0) is 27.6. The van der Waals surface area contributed by atoms with Crippen LogP contribution in [0.25, 0.3) is 42.4 Å². The molecule has 1 aromatic heterocycles. The van der Waals surface area contributed by atoms with Gasteiger partial charge in [-0.25, -0.2) is 0 Å². The number of rotatable bonds is 4. The lowest BCUT2D eigenvalue weighted by molar-refractivity contribution is 0.661. The molecule has 41 heavy (non-hydrogen) atoms. The Bertz CT molecular complexity index is 2050. The second-order valence-electron chi connectivity index (χ2n) is 11.4. The minimum absolute atomic E-state index is 0.0998. The Morgan fingerprint density at radius 1 is 0.512 bits per heavy atom. The Hall–Kier alpha value is -4.66. The summed E-state index contributed by atoms with van der Waals surface area (Å²) < 4.78 is 2.72. The number of hydrogen-bond donors (Lipinski definition) is 0. The van der Waals surface area contributed by atoms with Crippen molar-refractivity contribution < 1.29 is 0 Å². The molecule has 0 radical (unpaired) electrons. The molecule has 1 heterocycles. The van der Waals surface area contributed by atoms with Crippen LogP contribution in [0.2, 0.25) is 0 Å². The fourth-order valence-electron chi connectivity index (χ4n) is 6.63. The number of thiophene rings is 1. The second-order valence-corrected chi connectivity index (χ2v) is 12.5. The monoisotopic (exact) mass is 543 g/mol. The number of benzene rings is 6. The molecule has 0 saturated carbocycles. The lowest BCUT2D eigenvalue weighted by Crippen LogP contribution is -2.16. The molecule has 0 unspecified atom stereocenters. The summed E-state index contributed by atoms with van der Waals surface area (Å²) in [5.74, 6) is 0. The van der Waals surface area contributed by atoms with Crippen molar-refractivity contribution >= 4 is 48.6 Å². The van der Waals surface area contributed by atoms with Crippen molar-refractivity contribution in [3.8, 4) is 22.3 Å². The van der Waals surface area contributed by atoms with Crippen molar-refractivity contribution in [3.63, 3.8) is 0 Å². The van der Waals surface area contributed by atoms with E-state index in [1.54, 1.807) is 0 Å². The Morgan fingerprint density at radius 3 is 1.93 bits per heavy atom. The maximum atomic E-state index is 2.42. The molecule has 7 aromatic rings. The van der Waals surface area contributed by atoms with E-state index < -0.39 is 0 Å². The first-order chi connectivity index (χ1) is 20.1. The van der Waals surface area contributed by atoms with Crippen LogP contribution in [0.3, 0.4) is 0 Å². The van der Waals surface area contributed by atoms with Crippen LogP contribution >= 0.6 is 11.3 Å². The largest absolute Gasteiger partial charge is 0.310 e. The number of hydrogen-bond acceptors (Lipinski definition) is 2. The third kappa shape index (κ3) is 3.75. The predicted molar refractivity (Wildman–Crippen MR) is 177 cm³/mol. The molecule has 0 atom stereocenters. The van der Waals surface area contributed by atoms with Gasteiger partial charge in [0.2, 0.25) is 0 Å². The van der Waals surface area contributed by atoms with E-state index in [2.05, 4.69) is 158 Å². The fraction of sp³-hybridized carbons (Fsp3) is 0.0769. The minimum Gasteiger partial charge on any atom is -0.310 e. The zero-order valence-electron chi connectivity index (χ0n) is 23.1. The molecule has 8 rings (SSSR count). The number of para-hydroxylation sites is 1. The van der Waals surface area contributed by atoms with Gasteiger partial charge in [-0.1, -0.05) is 105 Å². The molecule has 0 amide bonds. The lowest BCUT2D eigenvalue weighted by atomic mass is 9.82. The van der Waals surface area contributed by atoms with E-state index in [1.165, 1.54) is 59.2 Å². The number of anilines is 3. The first-order valence-electron chi connectivity index (χ1n) is 14.2. The van der Waals surface area contributed by atoms with Gasteiger partial charge >= 0.3 is 0 Å². The maximum absolute atomic E-state index is 2.42. The van der Waals surface area contributed by atoms with Crippen molar-refractivity contribution in [1.29, 1.82) is 0 Å². The quantitative estimate of drug-likeness (QED) is 0.213. The van der Waals surface area contributed by atoms with Crippen molar-refractivity contribution in [1.82, 2.24) is 0 Å². The molecule has 0 bridgehead atoms. The van der Waals surface area contributed by atoms with Gasteiger partial charge in [0, 0.05) is 42.6 Å². The Balaban J connectivity index is 1.30. The Labute approximate surface area is 245 Å². The van der Waals surface area contributed by atoms with E-state index in [-0.39, 0.29) is 5.41 Å². The van der Waals surface area contributed by atoms with Gasteiger partial charge in [0.25, 0.3) is 0 Å². The van der Waals surface area contributed by atoms with E-state index in [0.717, 1.165) is 11.4 Å². The van der Waals surface area contributed by atoms with Crippen LogP contribution in [0.4, 0.5) is 17.1 Å². The number of fused-ring (bicyclic) bond motifs is 7. The summed E-state index contributed by atoms with van der Waals surface area (Å²) in [5.41, 5.74) is 11.4. The SMILES string of the molecule is CC1(C)c2cc(N(c3ccccc3)c3ccc(-c4ccccc4)cc3)ccc2-c2c1ccc1sc3ccccc3c21. The van der Waals surface area contributed by atoms with Gasteiger partial charge in [-0.05, 0) is 81.9 Å². The van der Waals surface area contributed by atoms with E-state index in [1.807, 2.05) is 11.3 Å². The van der Waals surface area contributed by atoms with Gasteiger partial charge in [0.15, 0.2) is 0 Å². The van der Waals surface area contributed by atoms with Gasteiger partial charge in [0.05, 0.1) is 0 Å². The molecule has 1 aliphatic carbocycles. The summed E-state index contributed by atoms with van der Waals surface area (Å²) in [6.45, 7) is 4.76. The smallest absolute Gasteiger partial charge is 0.0465 e. The van der Waals surface area contributed by atoms with E-state index in [4.69, 9.17) is 0 Å². The highest BCUT2D eigenvalue weighted by atomic mass is 32.1. The summed E-state index contributed by atoms with van der Waals surface area (Å²) in [7, 11) is 0. The molecule has 0 spiro atoms. The van der Waals surface area contributed by atoms with Crippen LogP contribution in [0.15, 0.2) is 140 Å². The van der Waals surface area contributed by atoms with E-state index in [0.29, 0.717) is 0 Å². The van der Waals surface area contributed by atoms with Crippen LogP contribution in [-0.4, -0.2) is 0 Å². The molecular weight excluding hydrogens is 515 g/mol. The van der Waals surface area contributed by atoms with Crippen molar-refractivity contribution in [2.45, 2.75) is 19.3 Å². The van der Waals surface area contributed by atoms with Crippen LogP contribution in [0.1, 0.15) is 25.0 Å². The van der Waals surface area contributed by atoms with Gasteiger partial charge in [-0.15, -0.1) is 11.3 Å². The normalized spacial score (nSPS) is 13.3. The van der Waals surface area contributed by atoms with Crippen molar-refractivity contribution in [2.75, 3.05) is 4.90 Å². The molecule has 0 saturated heterocycles. The van der Waals surface area contributed by atoms with Gasteiger partial charge in [-0.3, -0.25) is 0 Å². The minimum atomic E-state index is -0.0998. The second kappa shape index (κ2) is 9.19. The first-order valence-corrected chi connectivity index (χ1v) is 15.0. The predicted octanol–water partition coefficient (Wildman–Crippen LogP) is 11.5. The van der Waals surface area contributed by atoms with Crippen LogP contribution < -0.4 is 4.90 Å². The molecule has 0 N–H and O–H groups in total. The van der Waals surface area contributed by atoms with Crippen molar-refractivity contribution in [3.05, 3.63) is 151 Å². The Kier molecular flexibility index (Phi) is 5.42. The third-order valence-corrected chi connectivity index (χ3v) is 9.80.